The Bertz CT molecular complexity index is 1120. The number of hydrogen-bond donors (Lipinski definition) is 2. The molecule has 0 aliphatic rings. The molecule has 0 aliphatic heterocycles. The summed E-state index contributed by atoms with van der Waals surface area (Å²) in [6.07, 6.45) is 0.711. The molecule has 3 amide bonds. The number of rotatable bonds is 9. The predicted octanol–water partition coefficient (Wildman–Crippen LogP) is 6.82. The Balaban J connectivity index is 2.59. The van der Waals surface area contributed by atoms with Crippen molar-refractivity contribution in [1.82, 2.24) is 10.2 Å². The zero-order chi connectivity index (χ0) is 28.8. The molecular weight excluding hydrogens is 502 g/mol. The van der Waals surface area contributed by atoms with Crippen LogP contribution in [0.25, 0.3) is 0 Å². The summed E-state index contributed by atoms with van der Waals surface area (Å²) in [5.41, 5.74) is 1.62. The van der Waals surface area contributed by atoms with E-state index < -0.39 is 41.1 Å². The first kappa shape index (κ1) is 31.2. The summed E-state index contributed by atoms with van der Waals surface area (Å²) in [6, 6.07) is 11.1. The molecule has 0 saturated heterocycles. The molecule has 0 aliphatic carbocycles. The van der Waals surface area contributed by atoms with Crippen molar-refractivity contribution in [3.63, 3.8) is 0 Å². The largest absolute Gasteiger partial charge is 0.444 e. The van der Waals surface area contributed by atoms with Crippen molar-refractivity contribution in [3.8, 4) is 0 Å². The van der Waals surface area contributed by atoms with E-state index in [-0.39, 0.29) is 0 Å². The summed E-state index contributed by atoms with van der Waals surface area (Å²) in [6.45, 7) is 16.5. The molecule has 2 N–H and O–H groups in total. The Kier molecular flexibility index (Phi) is 10.4. The number of carbonyl (C=O) groups excluding carboxylic acids is 3. The van der Waals surface area contributed by atoms with Gasteiger partial charge in [0.05, 0.1) is 10.7 Å². The number of nitrogens with one attached hydrogen (secondary N) is 2. The number of ether oxygens (including phenoxy) is 1. The van der Waals surface area contributed by atoms with E-state index in [1.807, 2.05) is 64.1 Å². The van der Waals surface area contributed by atoms with Crippen molar-refractivity contribution in [2.75, 3.05) is 5.32 Å². The lowest BCUT2D eigenvalue weighted by Crippen LogP contribution is -2.58. The first-order chi connectivity index (χ1) is 17.6. The van der Waals surface area contributed by atoms with Gasteiger partial charge in [-0.2, -0.15) is 0 Å². The molecule has 7 nitrogen and oxygen atoms in total. The van der Waals surface area contributed by atoms with Gasteiger partial charge in [0.15, 0.2) is 0 Å². The fourth-order valence-corrected chi connectivity index (χ4v) is 4.30. The standard InChI is InChI=1S/C30H42ClN3O4/c1-10-21-15-17-22(18-16-21)25(26(35)33-24-19(3)13-12-14-23(24)31)34(30(8,9)11-2)27(36)20(4)32-28(37)38-29(5,6)7/h12-18,20,25H,10-11H2,1-9H3,(H,32,37)(H,33,35). The highest BCUT2D eigenvalue weighted by Gasteiger charge is 2.42. The molecule has 0 aromatic heterocycles. The maximum Gasteiger partial charge on any atom is 0.408 e. The second-order valence-corrected chi connectivity index (χ2v) is 11.6. The molecule has 208 valence electrons. The minimum absolute atomic E-state index is 0.398. The molecule has 0 fully saturated rings. The Labute approximate surface area is 232 Å². The van der Waals surface area contributed by atoms with Crippen LogP contribution in [0.1, 0.15) is 84.5 Å². The number of alkyl carbamates (subject to hydrolysis) is 1. The van der Waals surface area contributed by atoms with Gasteiger partial charge in [-0.1, -0.05) is 61.8 Å². The Hall–Kier alpha value is -3.06. The first-order valence-corrected chi connectivity index (χ1v) is 13.5. The third kappa shape index (κ3) is 7.97. The van der Waals surface area contributed by atoms with Crippen LogP contribution >= 0.6 is 11.6 Å². The average molecular weight is 544 g/mol. The van der Waals surface area contributed by atoms with Crippen LogP contribution in [0.15, 0.2) is 42.5 Å². The number of nitrogens with zero attached hydrogens (tertiary/aromatic N) is 1. The van der Waals surface area contributed by atoms with Gasteiger partial charge in [0, 0.05) is 5.54 Å². The number of anilines is 1. The zero-order valence-electron chi connectivity index (χ0n) is 24.1. The van der Waals surface area contributed by atoms with Crippen molar-refractivity contribution in [3.05, 3.63) is 64.2 Å². The van der Waals surface area contributed by atoms with E-state index in [1.165, 1.54) is 0 Å². The molecular formula is C30H42ClN3O4. The quantitative estimate of drug-likeness (QED) is 0.363. The van der Waals surface area contributed by atoms with E-state index in [2.05, 4.69) is 17.6 Å². The Morgan fingerprint density at radius 3 is 2.11 bits per heavy atom. The van der Waals surface area contributed by atoms with Crippen LogP contribution in [0.4, 0.5) is 10.5 Å². The summed E-state index contributed by atoms with van der Waals surface area (Å²) in [7, 11) is 0. The normalized spacial score (nSPS) is 13.3. The number of carbonyl (C=O) groups is 3. The van der Waals surface area contributed by atoms with E-state index >= 15 is 0 Å². The minimum Gasteiger partial charge on any atom is -0.444 e. The maximum absolute atomic E-state index is 14.0. The molecule has 0 spiro atoms. The molecule has 8 heteroatoms. The lowest BCUT2D eigenvalue weighted by atomic mass is 9.91. The second kappa shape index (κ2) is 12.7. The average Bonchev–Trinajstić information content (AvgIpc) is 2.83. The van der Waals surface area contributed by atoms with Crippen molar-refractivity contribution in [1.29, 1.82) is 0 Å². The number of amides is 3. The molecule has 2 unspecified atom stereocenters. The van der Waals surface area contributed by atoms with Crippen LogP contribution in [0, 0.1) is 6.92 Å². The van der Waals surface area contributed by atoms with Crippen LogP contribution in [0.2, 0.25) is 5.02 Å². The van der Waals surface area contributed by atoms with Crippen LogP contribution in [0.5, 0.6) is 0 Å². The fraction of sp³-hybridized carbons (Fsp3) is 0.500. The fourth-order valence-electron chi connectivity index (χ4n) is 4.04. The summed E-state index contributed by atoms with van der Waals surface area (Å²) in [5.74, 6) is -0.803. The monoisotopic (exact) mass is 543 g/mol. The van der Waals surface area contributed by atoms with Gasteiger partial charge in [-0.25, -0.2) is 4.79 Å². The molecule has 0 saturated carbocycles. The lowest BCUT2D eigenvalue weighted by molar-refractivity contribution is -0.147. The smallest absolute Gasteiger partial charge is 0.408 e. The number of para-hydroxylation sites is 1. The summed E-state index contributed by atoms with van der Waals surface area (Å²) >= 11 is 6.43. The van der Waals surface area contributed by atoms with Crippen molar-refractivity contribution in [2.24, 2.45) is 0 Å². The highest BCUT2D eigenvalue weighted by molar-refractivity contribution is 6.34. The topological polar surface area (TPSA) is 87.7 Å². The number of benzene rings is 2. The molecule has 0 bridgehead atoms. The van der Waals surface area contributed by atoms with Crippen molar-refractivity contribution in [2.45, 2.75) is 98.4 Å². The third-order valence-corrected chi connectivity index (χ3v) is 6.85. The van der Waals surface area contributed by atoms with Gasteiger partial charge in [-0.05, 0) is 84.1 Å². The van der Waals surface area contributed by atoms with E-state index in [0.29, 0.717) is 22.7 Å². The molecule has 2 rings (SSSR count). The highest BCUT2D eigenvalue weighted by atomic mass is 35.5. The van der Waals surface area contributed by atoms with Gasteiger partial charge in [0.2, 0.25) is 5.91 Å². The van der Waals surface area contributed by atoms with Crippen LogP contribution in [0.3, 0.4) is 0 Å². The van der Waals surface area contributed by atoms with Crippen LogP contribution < -0.4 is 10.6 Å². The number of hydrogen-bond acceptors (Lipinski definition) is 4. The van der Waals surface area contributed by atoms with E-state index in [1.54, 1.807) is 38.7 Å². The van der Waals surface area contributed by atoms with Crippen LogP contribution in [-0.4, -0.2) is 40.0 Å². The van der Waals surface area contributed by atoms with Gasteiger partial charge in [0.25, 0.3) is 5.91 Å². The Morgan fingerprint density at radius 1 is 1.00 bits per heavy atom. The van der Waals surface area contributed by atoms with E-state index in [9.17, 15) is 14.4 Å². The SMILES string of the molecule is CCc1ccc(C(C(=O)Nc2c(C)cccc2Cl)N(C(=O)C(C)NC(=O)OC(C)(C)C)C(C)(C)CC)cc1. The minimum atomic E-state index is -0.984. The molecule has 38 heavy (non-hydrogen) atoms. The highest BCUT2D eigenvalue weighted by Crippen LogP contribution is 2.34. The molecule has 2 atom stereocenters. The zero-order valence-corrected chi connectivity index (χ0v) is 24.8. The predicted molar refractivity (Wildman–Crippen MR) is 153 cm³/mol. The van der Waals surface area contributed by atoms with Crippen molar-refractivity contribution >= 4 is 35.2 Å². The van der Waals surface area contributed by atoms with E-state index in [0.717, 1.165) is 17.5 Å². The van der Waals surface area contributed by atoms with Gasteiger partial charge >= 0.3 is 6.09 Å². The number of halogens is 1. The molecule has 0 radical (unpaired) electrons. The molecule has 2 aromatic rings. The first-order valence-electron chi connectivity index (χ1n) is 13.1. The van der Waals surface area contributed by atoms with Gasteiger partial charge in [-0.15, -0.1) is 0 Å². The third-order valence-electron chi connectivity index (χ3n) is 6.54. The maximum atomic E-state index is 14.0. The van der Waals surface area contributed by atoms with Gasteiger partial charge < -0.3 is 20.3 Å². The van der Waals surface area contributed by atoms with Crippen molar-refractivity contribution < 1.29 is 19.1 Å². The second-order valence-electron chi connectivity index (χ2n) is 11.2. The summed E-state index contributed by atoms with van der Waals surface area (Å²) in [4.78, 5) is 42.1. The number of aryl methyl sites for hydroxylation is 2. The Morgan fingerprint density at radius 2 is 1.61 bits per heavy atom. The van der Waals surface area contributed by atoms with Gasteiger partial charge in [0.1, 0.15) is 17.7 Å². The molecule has 2 aromatic carbocycles. The van der Waals surface area contributed by atoms with E-state index in [4.69, 9.17) is 16.3 Å². The molecule has 0 heterocycles. The van der Waals surface area contributed by atoms with Gasteiger partial charge in [-0.3, -0.25) is 9.59 Å². The lowest BCUT2D eigenvalue weighted by Gasteiger charge is -2.44. The summed E-state index contributed by atoms with van der Waals surface area (Å²) in [5, 5.41) is 6.02. The summed E-state index contributed by atoms with van der Waals surface area (Å²) < 4.78 is 5.36. The van der Waals surface area contributed by atoms with Crippen LogP contribution in [-0.2, 0) is 20.7 Å².